The third-order valence-electron chi connectivity index (χ3n) is 6.09. The first-order valence-electron chi connectivity index (χ1n) is 11.4. The van der Waals surface area contributed by atoms with Gasteiger partial charge in [-0.25, -0.2) is 9.59 Å². The van der Waals surface area contributed by atoms with Gasteiger partial charge in [0.1, 0.15) is 17.4 Å². The number of carboxylic acid groups (broad SMARTS) is 1. The summed E-state index contributed by atoms with van der Waals surface area (Å²) in [6.07, 6.45) is 5.65. The molecule has 1 aromatic carbocycles. The molecule has 0 saturated carbocycles. The van der Waals surface area contributed by atoms with E-state index in [1.165, 1.54) is 0 Å². The molecule has 2 atom stereocenters. The van der Waals surface area contributed by atoms with Crippen molar-refractivity contribution in [1.82, 2.24) is 5.32 Å². The number of amides is 1. The molecule has 32 heavy (non-hydrogen) atoms. The molecule has 0 aliphatic rings. The molecular weight excluding hydrogens is 410 g/mol. The molecule has 7 heteroatoms. The molecular formula is C25H35NO6. The minimum atomic E-state index is -1.07. The molecule has 7 nitrogen and oxygen atoms in total. The number of aliphatic carboxylic acids is 1. The average molecular weight is 446 g/mol. The number of hydrogen-bond acceptors (Lipinski definition) is 5. The van der Waals surface area contributed by atoms with Gasteiger partial charge in [0.05, 0.1) is 0 Å². The second kappa shape index (κ2) is 11.7. The highest BCUT2D eigenvalue weighted by Crippen LogP contribution is 2.29. The monoisotopic (exact) mass is 445 g/mol. The van der Waals surface area contributed by atoms with E-state index in [1.54, 1.807) is 19.9 Å². The fourth-order valence-corrected chi connectivity index (χ4v) is 3.79. The number of fused-ring (bicyclic) bond motifs is 1. The SMILES string of the molecule is CCCCCCc1c(C)c2ccc(OCC(=O)NC(C(=O)O)C(C)CC)c(C)c2oc1=O. The Morgan fingerprint density at radius 2 is 1.84 bits per heavy atom. The minimum Gasteiger partial charge on any atom is -0.483 e. The maximum absolute atomic E-state index is 12.6. The first-order valence-corrected chi connectivity index (χ1v) is 11.4. The molecule has 0 spiro atoms. The highest BCUT2D eigenvalue weighted by Gasteiger charge is 2.25. The molecule has 2 rings (SSSR count). The van der Waals surface area contributed by atoms with E-state index in [4.69, 9.17) is 9.15 Å². The average Bonchev–Trinajstić information content (AvgIpc) is 2.76. The van der Waals surface area contributed by atoms with Crippen LogP contribution in [0.25, 0.3) is 11.0 Å². The number of rotatable bonds is 12. The van der Waals surface area contributed by atoms with Crippen LogP contribution >= 0.6 is 0 Å². The van der Waals surface area contributed by atoms with Crippen LogP contribution in [-0.4, -0.2) is 29.6 Å². The Morgan fingerprint density at radius 3 is 2.47 bits per heavy atom. The van der Waals surface area contributed by atoms with Crippen LogP contribution in [-0.2, 0) is 16.0 Å². The lowest BCUT2D eigenvalue weighted by Crippen LogP contribution is -2.46. The van der Waals surface area contributed by atoms with E-state index >= 15 is 0 Å². The van der Waals surface area contributed by atoms with E-state index in [1.807, 2.05) is 19.9 Å². The van der Waals surface area contributed by atoms with Crippen molar-refractivity contribution in [1.29, 1.82) is 0 Å². The van der Waals surface area contributed by atoms with E-state index in [0.29, 0.717) is 35.3 Å². The molecule has 0 saturated heterocycles. The van der Waals surface area contributed by atoms with Gasteiger partial charge in [-0.1, -0.05) is 46.5 Å². The van der Waals surface area contributed by atoms with E-state index in [-0.39, 0.29) is 18.2 Å². The van der Waals surface area contributed by atoms with Crippen molar-refractivity contribution >= 4 is 22.8 Å². The van der Waals surface area contributed by atoms with Gasteiger partial charge in [-0.15, -0.1) is 0 Å². The smallest absolute Gasteiger partial charge is 0.339 e. The standard InChI is InChI=1S/C25H35NO6/c1-6-8-9-10-11-19-16(4)18-12-13-20(17(5)23(18)32-25(19)30)31-14-21(27)26-22(24(28)29)15(3)7-2/h12-13,15,22H,6-11,14H2,1-5H3,(H,26,27)(H,28,29). The van der Waals surface area contributed by atoms with Gasteiger partial charge < -0.3 is 19.6 Å². The predicted octanol–water partition coefficient (Wildman–Crippen LogP) is 4.53. The predicted molar refractivity (Wildman–Crippen MR) is 124 cm³/mol. The van der Waals surface area contributed by atoms with Gasteiger partial charge in [0.15, 0.2) is 6.61 Å². The van der Waals surface area contributed by atoms with Gasteiger partial charge in [0.2, 0.25) is 0 Å². The number of aryl methyl sites for hydroxylation is 2. The van der Waals surface area contributed by atoms with Gasteiger partial charge in [0.25, 0.3) is 5.91 Å². The summed E-state index contributed by atoms with van der Waals surface area (Å²) in [7, 11) is 0. The van der Waals surface area contributed by atoms with Crippen LogP contribution < -0.4 is 15.7 Å². The van der Waals surface area contributed by atoms with Crippen LogP contribution in [0.1, 0.15) is 69.6 Å². The maximum Gasteiger partial charge on any atom is 0.339 e. The fourth-order valence-electron chi connectivity index (χ4n) is 3.79. The molecule has 0 aliphatic carbocycles. The van der Waals surface area contributed by atoms with Crippen molar-refractivity contribution in [2.24, 2.45) is 5.92 Å². The van der Waals surface area contributed by atoms with E-state index in [2.05, 4.69) is 12.2 Å². The van der Waals surface area contributed by atoms with Crippen molar-refractivity contribution in [2.75, 3.05) is 6.61 Å². The number of benzene rings is 1. The lowest BCUT2D eigenvalue weighted by molar-refractivity contribution is -0.143. The number of ether oxygens (including phenoxy) is 1. The summed E-state index contributed by atoms with van der Waals surface area (Å²) < 4.78 is 11.3. The molecule has 2 unspecified atom stereocenters. The van der Waals surface area contributed by atoms with Crippen LogP contribution in [0.15, 0.2) is 21.3 Å². The third-order valence-corrected chi connectivity index (χ3v) is 6.09. The normalized spacial score (nSPS) is 13.0. The number of carbonyl (C=O) groups is 2. The Labute approximate surface area is 189 Å². The molecule has 2 N–H and O–H groups in total. The van der Waals surface area contributed by atoms with Gasteiger partial charge in [-0.05, 0) is 50.3 Å². The van der Waals surface area contributed by atoms with Crippen molar-refractivity contribution in [3.05, 3.63) is 39.2 Å². The highest BCUT2D eigenvalue weighted by molar-refractivity contribution is 5.86. The van der Waals surface area contributed by atoms with E-state index in [9.17, 15) is 19.5 Å². The summed E-state index contributed by atoms with van der Waals surface area (Å²) in [4.78, 5) is 36.3. The largest absolute Gasteiger partial charge is 0.483 e. The summed E-state index contributed by atoms with van der Waals surface area (Å²) in [6, 6.07) is 2.62. The van der Waals surface area contributed by atoms with Gasteiger partial charge >= 0.3 is 11.6 Å². The van der Waals surface area contributed by atoms with Crippen LogP contribution in [0, 0.1) is 19.8 Å². The zero-order chi connectivity index (χ0) is 23.8. The van der Waals surface area contributed by atoms with Gasteiger partial charge in [0, 0.05) is 16.5 Å². The third kappa shape index (κ3) is 6.11. The number of nitrogens with one attached hydrogen (secondary N) is 1. The molecule has 1 heterocycles. The Hall–Kier alpha value is -2.83. The topological polar surface area (TPSA) is 106 Å². The Morgan fingerprint density at radius 1 is 1.12 bits per heavy atom. The van der Waals surface area contributed by atoms with Gasteiger partial charge in [-0.2, -0.15) is 0 Å². The fraction of sp³-hybridized carbons (Fsp3) is 0.560. The van der Waals surface area contributed by atoms with Crippen molar-refractivity contribution < 1.29 is 23.8 Å². The number of carbonyl (C=O) groups excluding carboxylic acids is 1. The Bertz CT molecular complexity index is 1010. The number of unbranched alkanes of at least 4 members (excludes halogenated alkanes) is 3. The first-order chi connectivity index (χ1) is 15.2. The van der Waals surface area contributed by atoms with Crippen LogP contribution in [0.4, 0.5) is 0 Å². The lowest BCUT2D eigenvalue weighted by atomic mass is 9.99. The van der Waals surface area contributed by atoms with Crippen molar-refractivity contribution in [3.8, 4) is 5.75 Å². The van der Waals surface area contributed by atoms with Crippen molar-refractivity contribution in [3.63, 3.8) is 0 Å². The second-order valence-corrected chi connectivity index (χ2v) is 8.43. The van der Waals surface area contributed by atoms with Crippen LogP contribution in [0.5, 0.6) is 5.75 Å². The zero-order valence-corrected chi connectivity index (χ0v) is 19.7. The summed E-state index contributed by atoms with van der Waals surface area (Å²) in [5, 5.41) is 12.7. The highest BCUT2D eigenvalue weighted by atomic mass is 16.5. The molecule has 0 fully saturated rings. The summed E-state index contributed by atoms with van der Waals surface area (Å²) >= 11 is 0. The lowest BCUT2D eigenvalue weighted by Gasteiger charge is -2.20. The second-order valence-electron chi connectivity index (χ2n) is 8.43. The van der Waals surface area contributed by atoms with Crippen molar-refractivity contribution in [2.45, 2.75) is 79.2 Å². The van der Waals surface area contributed by atoms with Gasteiger partial charge in [-0.3, -0.25) is 4.79 Å². The minimum absolute atomic E-state index is 0.202. The molecule has 1 aromatic heterocycles. The quantitative estimate of drug-likeness (QED) is 0.367. The van der Waals surface area contributed by atoms with E-state index in [0.717, 1.165) is 36.6 Å². The Kier molecular flexibility index (Phi) is 9.29. The van der Waals surface area contributed by atoms with Crippen LogP contribution in [0.3, 0.4) is 0 Å². The molecule has 0 bridgehead atoms. The molecule has 2 aromatic rings. The zero-order valence-electron chi connectivity index (χ0n) is 19.7. The molecule has 1 amide bonds. The number of hydrogen-bond donors (Lipinski definition) is 2. The maximum atomic E-state index is 12.6. The molecule has 176 valence electrons. The number of carboxylic acids is 1. The molecule has 0 aliphatic heterocycles. The summed E-state index contributed by atoms with van der Waals surface area (Å²) in [5.74, 6) is -1.37. The summed E-state index contributed by atoms with van der Waals surface area (Å²) in [5.41, 5.74) is 2.38. The van der Waals surface area contributed by atoms with E-state index < -0.39 is 17.9 Å². The first kappa shape index (κ1) is 25.4. The van der Waals surface area contributed by atoms with Crippen LogP contribution in [0.2, 0.25) is 0 Å². The summed E-state index contributed by atoms with van der Waals surface area (Å²) in [6.45, 7) is 9.17. The Balaban J connectivity index is 2.17. The molecule has 0 radical (unpaired) electrons.